The largest absolute Gasteiger partial charge is 0.481 e. The monoisotopic (exact) mass is 257 g/mol. The van der Waals surface area contributed by atoms with Crippen LogP contribution in [0.25, 0.3) is 0 Å². The highest BCUT2D eigenvalue weighted by Crippen LogP contribution is 2.24. The van der Waals surface area contributed by atoms with Gasteiger partial charge >= 0.3 is 12.0 Å². The summed E-state index contributed by atoms with van der Waals surface area (Å²) in [7, 11) is 1.86. The number of hydrogen-bond donors (Lipinski definition) is 4. The number of carbonyl (C=O) groups is 2. The van der Waals surface area contributed by atoms with Gasteiger partial charge in [0.05, 0.1) is 5.92 Å². The highest BCUT2D eigenvalue weighted by atomic mass is 16.4. The number of nitrogens with one attached hydrogen (secondary N) is 3. The third kappa shape index (κ3) is 4.91. The lowest BCUT2D eigenvalue weighted by atomic mass is 9.84. The molecule has 18 heavy (non-hydrogen) atoms. The van der Waals surface area contributed by atoms with Crippen LogP contribution in [0.4, 0.5) is 4.79 Å². The summed E-state index contributed by atoms with van der Waals surface area (Å²) in [6.45, 7) is 1.44. The van der Waals surface area contributed by atoms with E-state index in [1.54, 1.807) is 0 Å². The second-order valence-corrected chi connectivity index (χ2v) is 4.69. The minimum Gasteiger partial charge on any atom is -0.481 e. The van der Waals surface area contributed by atoms with E-state index < -0.39 is 11.9 Å². The molecule has 1 aliphatic rings. The summed E-state index contributed by atoms with van der Waals surface area (Å²) >= 11 is 0. The predicted molar refractivity (Wildman–Crippen MR) is 68.5 cm³/mol. The molecule has 104 valence electrons. The fraction of sp³-hybridized carbons (Fsp3) is 0.833. The van der Waals surface area contributed by atoms with Crippen LogP contribution < -0.4 is 16.0 Å². The van der Waals surface area contributed by atoms with Crippen molar-refractivity contribution in [1.29, 1.82) is 0 Å². The van der Waals surface area contributed by atoms with Crippen LogP contribution in [-0.2, 0) is 4.79 Å². The topological polar surface area (TPSA) is 90.5 Å². The zero-order valence-corrected chi connectivity index (χ0v) is 10.9. The van der Waals surface area contributed by atoms with Gasteiger partial charge in [-0.1, -0.05) is 12.8 Å². The van der Waals surface area contributed by atoms with Crippen molar-refractivity contribution in [2.75, 3.05) is 20.1 Å². The Balaban J connectivity index is 2.30. The maximum absolute atomic E-state index is 11.6. The smallest absolute Gasteiger partial charge is 0.315 e. The highest BCUT2D eigenvalue weighted by Gasteiger charge is 2.31. The first kappa shape index (κ1) is 14.8. The SMILES string of the molecule is CNCCCNC(=O)NC1CCCCC1C(=O)O. The number of amides is 2. The molecule has 0 aromatic heterocycles. The molecule has 2 amide bonds. The average Bonchev–Trinajstić information content (AvgIpc) is 2.35. The Labute approximate surface area is 108 Å². The summed E-state index contributed by atoms with van der Waals surface area (Å²) in [4.78, 5) is 22.7. The molecule has 1 saturated carbocycles. The Morgan fingerprint density at radius 2 is 1.94 bits per heavy atom. The van der Waals surface area contributed by atoms with Crippen molar-refractivity contribution >= 4 is 12.0 Å². The molecule has 0 saturated heterocycles. The van der Waals surface area contributed by atoms with E-state index in [9.17, 15) is 9.59 Å². The minimum absolute atomic E-state index is 0.236. The van der Waals surface area contributed by atoms with Gasteiger partial charge in [0.15, 0.2) is 0 Å². The molecule has 4 N–H and O–H groups in total. The lowest BCUT2D eigenvalue weighted by Gasteiger charge is -2.29. The zero-order valence-electron chi connectivity index (χ0n) is 10.9. The van der Waals surface area contributed by atoms with E-state index >= 15 is 0 Å². The van der Waals surface area contributed by atoms with Gasteiger partial charge in [-0.15, -0.1) is 0 Å². The number of aliphatic carboxylic acids is 1. The third-order valence-electron chi connectivity index (χ3n) is 3.29. The standard InChI is InChI=1S/C12H23N3O3/c1-13-7-4-8-14-12(18)15-10-6-3-2-5-9(10)11(16)17/h9-10,13H,2-8H2,1H3,(H,16,17)(H2,14,15,18). The fourth-order valence-corrected chi connectivity index (χ4v) is 2.29. The van der Waals surface area contributed by atoms with E-state index in [0.29, 0.717) is 13.0 Å². The van der Waals surface area contributed by atoms with Crippen molar-refractivity contribution in [3.05, 3.63) is 0 Å². The van der Waals surface area contributed by atoms with Crippen molar-refractivity contribution in [2.24, 2.45) is 5.92 Å². The quantitative estimate of drug-likeness (QED) is 0.523. The Morgan fingerprint density at radius 1 is 1.22 bits per heavy atom. The molecule has 6 heteroatoms. The van der Waals surface area contributed by atoms with Crippen LogP contribution in [0.5, 0.6) is 0 Å². The van der Waals surface area contributed by atoms with Crippen LogP contribution in [0.2, 0.25) is 0 Å². The normalized spacial score (nSPS) is 23.4. The first-order chi connectivity index (χ1) is 8.65. The van der Waals surface area contributed by atoms with E-state index in [0.717, 1.165) is 32.2 Å². The number of carboxylic acids is 1. The molecule has 0 heterocycles. The van der Waals surface area contributed by atoms with Crippen LogP contribution in [0, 0.1) is 5.92 Å². The summed E-state index contributed by atoms with van der Waals surface area (Å²) in [5.41, 5.74) is 0. The van der Waals surface area contributed by atoms with Crippen LogP contribution in [0.1, 0.15) is 32.1 Å². The van der Waals surface area contributed by atoms with Crippen molar-refractivity contribution in [1.82, 2.24) is 16.0 Å². The molecule has 2 atom stereocenters. The van der Waals surface area contributed by atoms with Crippen molar-refractivity contribution in [2.45, 2.75) is 38.1 Å². The van der Waals surface area contributed by atoms with Gasteiger partial charge in [-0.2, -0.15) is 0 Å². The van der Waals surface area contributed by atoms with Gasteiger partial charge in [-0.25, -0.2) is 4.79 Å². The first-order valence-electron chi connectivity index (χ1n) is 6.57. The average molecular weight is 257 g/mol. The number of carboxylic acid groups (broad SMARTS) is 1. The van der Waals surface area contributed by atoms with E-state index in [1.807, 2.05) is 7.05 Å². The molecular weight excluding hydrogens is 234 g/mol. The molecule has 1 aliphatic carbocycles. The number of hydrogen-bond acceptors (Lipinski definition) is 3. The van der Waals surface area contributed by atoms with Gasteiger partial charge in [0.1, 0.15) is 0 Å². The molecule has 0 aromatic rings. The highest BCUT2D eigenvalue weighted by molar-refractivity contribution is 5.76. The Kier molecular flexibility index (Phi) is 6.49. The summed E-state index contributed by atoms with van der Waals surface area (Å²) in [5, 5.41) is 17.6. The minimum atomic E-state index is -0.810. The van der Waals surface area contributed by atoms with Crippen molar-refractivity contribution < 1.29 is 14.7 Å². The molecule has 1 fully saturated rings. The predicted octanol–water partition coefficient (Wildman–Crippen LogP) is 0.539. The van der Waals surface area contributed by atoms with Gasteiger partial charge in [0.2, 0.25) is 0 Å². The second kappa shape index (κ2) is 7.92. The number of carbonyl (C=O) groups excluding carboxylic acids is 1. The van der Waals surface area contributed by atoms with E-state index in [-0.39, 0.29) is 12.1 Å². The van der Waals surface area contributed by atoms with Gasteiger partial charge in [-0.3, -0.25) is 4.79 Å². The van der Waals surface area contributed by atoms with E-state index in [1.165, 1.54) is 0 Å². The van der Waals surface area contributed by atoms with Gasteiger partial charge < -0.3 is 21.1 Å². The Hall–Kier alpha value is -1.30. The molecule has 1 rings (SSSR count). The van der Waals surface area contributed by atoms with Gasteiger partial charge in [0.25, 0.3) is 0 Å². The Bertz CT molecular complexity index is 284. The molecule has 0 aliphatic heterocycles. The molecule has 0 spiro atoms. The summed E-state index contributed by atoms with van der Waals surface area (Å²) in [6, 6.07) is -0.496. The molecule has 0 aromatic carbocycles. The van der Waals surface area contributed by atoms with Gasteiger partial charge in [-0.05, 0) is 32.9 Å². The second-order valence-electron chi connectivity index (χ2n) is 4.69. The van der Waals surface area contributed by atoms with Crippen LogP contribution in [0.15, 0.2) is 0 Å². The third-order valence-corrected chi connectivity index (χ3v) is 3.29. The lowest BCUT2D eigenvalue weighted by Crippen LogP contribution is -2.49. The summed E-state index contributed by atoms with van der Waals surface area (Å²) in [5.74, 6) is -1.25. The zero-order chi connectivity index (χ0) is 13.4. The van der Waals surface area contributed by atoms with Crippen LogP contribution >= 0.6 is 0 Å². The molecular formula is C12H23N3O3. The summed E-state index contributed by atoms with van der Waals surface area (Å²) in [6.07, 6.45) is 4.17. The van der Waals surface area contributed by atoms with Crippen molar-refractivity contribution in [3.8, 4) is 0 Å². The first-order valence-corrected chi connectivity index (χ1v) is 6.57. The number of rotatable bonds is 6. The lowest BCUT2D eigenvalue weighted by molar-refractivity contribution is -0.143. The van der Waals surface area contributed by atoms with Crippen LogP contribution in [-0.4, -0.2) is 43.3 Å². The molecule has 2 unspecified atom stereocenters. The van der Waals surface area contributed by atoms with Crippen LogP contribution in [0.3, 0.4) is 0 Å². The molecule has 0 bridgehead atoms. The van der Waals surface area contributed by atoms with Crippen molar-refractivity contribution in [3.63, 3.8) is 0 Å². The van der Waals surface area contributed by atoms with E-state index in [4.69, 9.17) is 5.11 Å². The van der Waals surface area contributed by atoms with Gasteiger partial charge in [0, 0.05) is 12.6 Å². The maximum atomic E-state index is 11.6. The molecule has 0 radical (unpaired) electrons. The fourth-order valence-electron chi connectivity index (χ4n) is 2.29. The summed E-state index contributed by atoms with van der Waals surface area (Å²) < 4.78 is 0. The maximum Gasteiger partial charge on any atom is 0.315 e. The Morgan fingerprint density at radius 3 is 2.61 bits per heavy atom. The van der Waals surface area contributed by atoms with E-state index in [2.05, 4.69) is 16.0 Å². The number of urea groups is 1. The molecule has 6 nitrogen and oxygen atoms in total.